The number of amides is 1. The molecule has 116 valence electrons. The molecule has 0 aliphatic heterocycles. The second kappa shape index (κ2) is 6.93. The van der Waals surface area contributed by atoms with E-state index in [1.165, 1.54) is 30.3 Å². The summed E-state index contributed by atoms with van der Waals surface area (Å²) in [6, 6.07) is 8.46. The molecule has 0 bridgehead atoms. The second-order valence-corrected chi connectivity index (χ2v) is 4.38. The van der Waals surface area contributed by atoms with Crippen molar-refractivity contribution in [1.82, 2.24) is 0 Å². The van der Waals surface area contributed by atoms with Crippen molar-refractivity contribution in [3.63, 3.8) is 0 Å². The molecule has 0 aliphatic rings. The monoisotopic (exact) mass is 313 g/mol. The van der Waals surface area contributed by atoms with Gasteiger partial charge in [-0.3, -0.25) is 4.79 Å². The number of anilines is 1. The summed E-state index contributed by atoms with van der Waals surface area (Å²) in [5, 5.41) is 2.41. The van der Waals surface area contributed by atoms with Gasteiger partial charge in [0.25, 0.3) is 0 Å². The number of rotatable bonds is 5. The van der Waals surface area contributed by atoms with E-state index < -0.39 is 29.9 Å². The van der Waals surface area contributed by atoms with E-state index in [0.717, 1.165) is 12.1 Å². The molecule has 2 rings (SSSR count). The van der Waals surface area contributed by atoms with Crippen LogP contribution in [0.3, 0.4) is 0 Å². The number of carbonyl (C=O) groups excluding carboxylic acids is 1. The smallest absolute Gasteiger partial charge is 0.387 e. The summed E-state index contributed by atoms with van der Waals surface area (Å²) in [6.07, 6.45) is -0.0306. The third-order valence-corrected chi connectivity index (χ3v) is 2.71. The predicted octanol–water partition coefficient (Wildman–Crippen LogP) is 3.75. The van der Waals surface area contributed by atoms with E-state index in [1.807, 2.05) is 0 Å². The quantitative estimate of drug-likeness (QED) is 0.854. The molecule has 2 aromatic carbocycles. The minimum absolute atomic E-state index is 0.0306. The fourth-order valence-electron chi connectivity index (χ4n) is 1.76. The highest BCUT2D eigenvalue weighted by Crippen LogP contribution is 2.22. The first kappa shape index (κ1) is 15.8. The van der Waals surface area contributed by atoms with Gasteiger partial charge in [-0.05, 0) is 29.8 Å². The van der Waals surface area contributed by atoms with Gasteiger partial charge in [0.1, 0.15) is 5.82 Å². The van der Waals surface area contributed by atoms with Gasteiger partial charge in [0.15, 0.2) is 11.6 Å². The van der Waals surface area contributed by atoms with Gasteiger partial charge in [-0.1, -0.05) is 12.1 Å². The molecule has 0 aromatic heterocycles. The summed E-state index contributed by atoms with van der Waals surface area (Å²) < 4.78 is 54.2. The number of benzene rings is 2. The zero-order valence-electron chi connectivity index (χ0n) is 11.2. The van der Waals surface area contributed by atoms with Crippen LogP contribution < -0.4 is 10.1 Å². The lowest BCUT2D eigenvalue weighted by Crippen LogP contribution is -2.14. The normalized spacial score (nSPS) is 10.6. The first-order valence-corrected chi connectivity index (χ1v) is 6.22. The van der Waals surface area contributed by atoms with Crippen molar-refractivity contribution in [3.05, 3.63) is 59.7 Å². The lowest BCUT2D eigenvalue weighted by atomic mass is 10.1. The number of ether oxygens (including phenoxy) is 1. The van der Waals surface area contributed by atoms with E-state index in [1.54, 1.807) is 0 Å². The van der Waals surface area contributed by atoms with Crippen molar-refractivity contribution in [2.45, 2.75) is 13.0 Å². The van der Waals surface area contributed by atoms with Gasteiger partial charge >= 0.3 is 6.61 Å². The molecule has 2 aromatic rings. The maximum absolute atomic E-state index is 13.5. The average Bonchev–Trinajstić information content (AvgIpc) is 2.44. The molecule has 0 heterocycles. The maximum atomic E-state index is 13.5. The van der Waals surface area contributed by atoms with Crippen LogP contribution in [0.25, 0.3) is 0 Å². The Kier molecular flexibility index (Phi) is 4.98. The summed E-state index contributed by atoms with van der Waals surface area (Å²) in [4.78, 5) is 11.8. The van der Waals surface area contributed by atoms with E-state index >= 15 is 0 Å². The van der Waals surface area contributed by atoms with Crippen LogP contribution in [-0.4, -0.2) is 12.5 Å². The van der Waals surface area contributed by atoms with Gasteiger partial charge in [0.2, 0.25) is 5.91 Å². The molecular formula is C15H11F4NO2. The molecule has 0 fully saturated rings. The molecule has 22 heavy (non-hydrogen) atoms. The lowest BCUT2D eigenvalue weighted by molar-refractivity contribution is -0.115. The number of carbonyl (C=O) groups is 1. The summed E-state index contributed by atoms with van der Waals surface area (Å²) in [6.45, 7) is -3.13. The third-order valence-electron chi connectivity index (χ3n) is 2.71. The van der Waals surface area contributed by atoms with Gasteiger partial charge in [-0.25, -0.2) is 8.78 Å². The Balaban J connectivity index is 1.99. The Bertz CT molecular complexity index is 659. The largest absolute Gasteiger partial charge is 0.432 e. The van der Waals surface area contributed by atoms with Crippen molar-refractivity contribution in [3.8, 4) is 5.75 Å². The molecule has 0 saturated carbocycles. The second-order valence-electron chi connectivity index (χ2n) is 4.38. The Morgan fingerprint density at radius 3 is 2.36 bits per heavy atom. The molecule has 3 nitrogen and oxygen atoms in total. The predicted molar refractivity (Wildman–Crippen MR) is 71.8 cm³/mol. The maximum Gasteiger partial charge on any atom is 0.387 e. The molecule has 0 spiro atoms. The first-order chi connectivity index (χ1) is 10.4. The highest BCUT2D eigenvalue weighted by molar-refractivity contribution is 5.92. The molecular weight excluding hydrogens is 302 g/mol. The Labute approximate surface area is 123 Å². The van der Waals surface area contributed by atoms with Crippen LogP contribution in [0.1, 0.15) is 5.56 Å². The van der Waals surface area contributed by atoms with Crippen LogP contribution in [0.15, 0.2) is 42.5 Å². The van der Waals surface area contributed by atoms with E-state index in [2.05, 4.69) is 10.1 Å². The molecule has 0 unspecified atom stereocenters. The highest BCUT2D eigenvalue weighted by atomic mass is 19.3. The van der Waals surface area contributed by atoms with Gasteiger partial charge in [-0.15, -0.1) is 0 Å². The van der Waals surface area contributed by atoms with Crippen molar-refractivity contribution >= 4 is 11.6 Å². The number of hydrogen-bond donors (Lipinski definition) is 1. The van der Waals surface area contributed by atoms with E-state index in [4.69, 9.17) is 0 Å². The minimum Gasteiger partial charge on any atom is -0.432 e. The van der Waals surface area contributed by atoms with Crippen LogP contribution in [0.4, 0.5) is 23.2 Å². The SMILES string of the molecule is O=C(Cc1ccc(F)cc1)Nc1ccc(OC(F)F)c(F)c1. The van der Waals surface area contributed by atoms with E-state index in [9.17, 15) is 22.4 Å². The van der Waals surface area contributed by atoms with Gasteiger partial charge in [-0.2, -0.15) is 8.78 Å². The average molecular weight is 313 g/mol. The zero-order valence-corrected chi connectivity index (χ0v) is 11.2. The summed E-state index contributed by atoms with van der Waals surface area (Å²) in [7, 11) is 0. The van der Waals surface area contributed by atoms with Crippen LogP contribution in [-0.2, 0) is 11.2 Å². The Morgan fingerprint density at radius 2 is 1.77 bits per heavy atom. The molecule has 0 saturated heterocycles. The molecule has 0 atom stereocenters. The Morgan fingerprint density at radius 1 is 1.09 bits per heavy atom. The van der Waals surface area contributed by atoms with Crippen molar-refractivity contribution < 1.29 is 27.1 Å². The van der Waals surface area contributed by atoms with Crippen molar-refractivity contribution in [1.29, 1.82) is 0 Å². The van der Waals surface area contributed by atoms with Crippen LogP contribution in [0.2, 0.25) is 0 Å². The Hall–Kier alpha value is -2.57. The van der Waals surface area contributed by atoms with Crippen molar-refractivity contribution in [2.75, 3.05) is 5.32 Å². The number of hydrogen-bond acceptors (Lipinski definition) is 2. The zero-order chi connectivity index (χ0) is 16.1. The fourth-order valence-corrected chi connectivity index (χ4v) is 1.76. The van der Waals surface area contributed by atoms with Gasteiger partial charge in [0, 0.05) is 11.8 Å². The van der Waals surface area contributed by atoms with E-state index in [-0.39, 0.29) is 12.1 Å². The standard InChI is InChI=1S/C15H11F4NO2/c16-10-3-1-9(2-4-10)7-14(21)20-11-5-6-13(12(17)8-11)22-15(18)19/h1-6,8,15H,7H2,(H,20,21). The van der Waals surface area contributed by atoms with Gasteiger partial charge in [0.05, 0.1) is 6.42 Å². The number of nitrogens with one attached hydrogen (secondary N) is 1. The topological polar surface area (TPSA) is 38.3 Å². The van der Waals surface area contributed by atoms with E-state index in [0.29, 0.717) is 5.56 Å². The molecule has 7 heteroatoms. The first-order valence-electron chi connectivity index (χ1n) is 6.22. The minimum atomic E-state index is -3.13. The molecule has 1 amide bonds. The fraction of sp³-hybridized carbons (Fsp3) is 0.133. The lowest BCUT2D eigenvalue weighted by Gasteiger charge is -2.09. The van der Waals surface area contributed by atoms with Crippen molar-refractivity contribution in [2.24, 2.45) is 0 Å². The summed E-state index contributed by atoms with van der Waals surface area (Å²) >= 11 is 0. The highest BCUT2D eigenvalue weighted by Gasteiger charge is 2.11. The van der Waals surface area contributed by atoms with Crippen LogP contribution in [0.5, 0.6) is 5.75 Å². The van der Waals surface area contributed by atoms with Crippen LogP contribution >= 0.6 is 0 Å². The van der Waals surface area contributed by atoms with Gasteiger partial charge < -0.3 is 10.1 Å². The number of halogens is 4. The molecule has 0 radical (unpaired) electrons. The molecule has 0 aliphatic carbocycles. The third kappa shape index (κ3) is 4.47. The molecule has 1 N–H and O–H groups in total. The summed E-state index contributed by atoms with van der Waals surface area (Å²) in [5.74, 6) is -2.49. The number of alkyl halides is 2. The van der Waals surface area contributed by atoms with Crippen LogP contribution in [0, 0.1) is 11.6 Å². The summed E-state index contributed by atoms with van der Waals surface area (Å²) in [5.41, 5.74) is 0.684.